The Morgan fingerprint density at radius 2 is 1.83 bits per heavy atom. The second-order valence-electron chi connectivity index (χ2n) is 4.30. The molecule has 0 radical (unpaired) electrons. The van der Waals surface area contributed by atoms with Crippen molar-refractivity contribution in [1.82, 2.24) is 5.32 Å². The smallest absolute Gasteiger partial charge is 0.202 e. The van der Waals surface area contributed by atoms with Gasteiger partial charge >= 0.3 is 0 Å². The highest BCUT2D eigenvalue weighted by atomic mass is 79.9. The van der Waals surface area contributed by atoms with Gasteiger partial charge in [-0.25, -0.2) is 8.42 Å². The molecule has 1 aromatic rings. The SMILES string of the molecule is O=S(=O)(COC1CCNCC1)c1ccc(Br)cc1. The summed E-state index contributed by atoms with van der Waals surface area (Å²) in [6, 6.07) is 6.62. The molecule has 0 unspecified atom stereocenters. The first-order valence-electron chi connectivity index (χ1n) is 5.88. The summed E-state index contributed by atoms with van der Waals surface area (Å²) < 4.78 is 30.4. The van der Waals surface area contributed by atoms with E-state index >= 15 is 0 Å². The molecule has 1 saturated heterocycles. The van der Waals surface area contributed by atoms with Gasteiger partial charge in [-0.05, 0) is 50.2 Å². The van der Waals surface area contributed by atoms with Crippen molar-refractivity contribution in [2.24, 2.45) is 0 Å². The largest absolute Gasteiger partial charge is 0.362 e. The van der Waals surface area contributed by atoms with Gasteiger partial charge < -0.3 is 10.1 Å². The molecule has 1 aliphatic rings. The number of sulfone groups is 1. The highest BCUT2D eigenvalue weighted by Crippen LogP contribution is 2.17. The Morgan fingerprint density at radius 3 is 2.44 bits per heavy atom. The van der Waals surface area contributed by atoms with Gasteiger partial charge in [0.25, 0.3) is 0 Å². The fraction of sp³-hybridized carbons (Fsp3) is 0.500. The normalized spacial score (nSPS) is 17.8. The maximum absolute atomic E-state index is 12.0. The molecule has 0 saturated carbocycles. The molecule has 0 bridgehead atoms. The lowest BCUT2D eigenvalue weighted by Gasteiger charge is -2.22. The molecule has 0 aliphatic carbocycles. The van der Waals surface area contributed by atoms with E-state index in [1.807, 2.05) is 0 Å². The predicted octanol–water partition coefficient (Wildman–Crippen LogP) is 1.95. The van der Waals surface area contributed by atoms with Crippen LogP contribution in [0.1, 0.15) is 12.8 Å². The molecular formula is C12H16BrNO3S. The molecule has 0 aromatic heterocycles. The Kier molecular flexibility index (Phi) is 4.77. The topological polar surface area (TPSA) is 55.4 Å². The van der Waals surface area contributed by atoms with Crippen LogP contribution in [0.25, 0.3) is 0 Å². The van der Waals surface area contributed by atoms with Crippen LogP contribution in [0.15, 0.2) is 33.6 Å². The second-order valence-corrected chi connectivity index (χ2v) is 7.15. The van der Waals surface area contributed by atoms with E-state index in [1.165, 1.54) is 0 Å². The minimum Gasteiger partial charge on any atom is -0.362 e. The first-order chi connectivity index (χ1) is 8.58. The van der Waals surface area contributed by atoms with Crippen molar-refractivity contribution >= 4 is 25.8 Å². The van der Waals surface area contributed by atoms with Crippen LogP contribution in [0.4, 0.5) is 0 Å². The molecule has 1 fully saturated rings. The molecular weight excluding hydrogens is 318 g/mol. The van der Waals surface area contributed by atoms with Gasteiger partial charge in [-0.15, -0.1) is 0 Å². The summed E-state index contributed by atoms with van der Waals surface area (Å²) in [5, 5.41) is 3.22. The van der Waals surface area contributed by atoms with Gasteiger partial charge in [0.05, 0.1) is 11.0 Å². The third-order valence-corrected chi connectivity index (χ3v) is 4.88. The first-order valence-corrected chi connectivity index (χ1v) is 8.33. The lowest BCUT2D eigenvalue weighted by atomic mass is 10.1. The van der Waals surface area contributed by atoms with Crippen molar-refractivity contribution in [1.29, 1.82) is 0 Å². The highest BCUT2D eigenvalue weighted by molar-refractivity contribution is 9.10. The van der Waals surface area contributed by atoms with Crippen LogP contribution < -0.4 is 5.32 Å². The van der Waals surface area contributed by atoms with Crippen LogP contribution in [-0.2, 0) is 14.6 Å². The van der Waals surface area contributed by atoms with Crippen molar-refractivity contribution in [3.8, 4) is 0 Å². The van der Waals surface area contributed by atoms with Crippen molar-refractivity contribution < 1.29 is 13.2 Å². The number of piperidine rings is 1. The van der Waals surface area contributed by atoms with Gasteiger partial charge in [0.2, 0.25) is 9.84 Å². The Labute approximate surface area is 116 Å². The first kappa shape index (κ1) is 14.0. The molecule has 0 spiro atoms. The van der Waals surface area contributed by atoms with E-state index in [2.05, 4.69) is 21.2 Å². The number of rotatable bonds is 4. The zero-order valence-corrected chi connectivity index (χ0v) is 12.3. The maximum Gasteiger partial charge on any atom is 0.202 e. The molecule has 18 heavy (non-hydrogen) atoms. The minimum atomic E-state index is -3.34. The van der Waals surface area contributed by atoms with Gasteiger partial charge in [-0.3, -0.25) is 0 Å². The number of hydrogen-bond donors (Lipinski definition) is 1. The molecule has 2 rings (SSSR count). The summed E-state index contributed by atoms with van der Waals surface area (Å²) in [4.78, 5) is 0.305. The molecule has 1 N–H and O–H groups in total. The van der Waals surface area contributed by atoms with E-state index in [0.717, 1.165) is 30.4 Å². The molecule has 4 nitrogen and oxygen atoms in total. The quantitative estimate of drug-likeness (QED) is 0.914. The summed E-state index contributed by atoms with van der Waals surface area (Å²) in [6.45, 7) is 1.78. The lowest BCUT2D eigenvalue weighted by molar-refractivity contribution is 0.0620. The average Bonchev–Trinajstić information content (AvgIpc) is 2.38. The van der Waals surface area contributed by atoms with Gasteiger partial charge in [0.1, 0.15) is 0 Å². The Balaban J connectivity index is 1.96. The molecule has 0 atom stereocenters. The van der Waals surface area contributed by atoms with Crippen LogP contribution in [-0.4, -0.2) is 33.6 Å². The fourth-order valence-electron chi connectivity index (χ4n) is 1.86. The van der Waals surface area contributed by atoms with Crippen LogP contribution >= 0.6 is 15.9 Å². The van der Waals surface area contributed by atoms with Crippen molar-refractivity contribution in [3.05, 3.63) is 28.7 Å². The number of hydrogen-bond acceptors (Lipinski definition) is 4. The molecule has 0 amide bonds. The standard InChI is InChI=1S/C12H16BrNO3S/c13-10-1-3-12(4-2-10)18(15,16)9-17-11-5-7-14-8-6-11/h1-4,11,14H,5-9H2. The summed E-state index contributed by atoms with van der Waals surface area (Å²) in [5.41, 5.74) is 0. The fourth-order valence-corrected chi connectivity index (χ4v) is 3.18. The van der Waals surface area contributed by atoms with E-state index in [1.54, 1.807) is 24.3 Å². The van der Waals surface area contributed by atoms with E-state index in [9.17, 15) is 8.42 Å². The third-order valence-electron chi connectivity index (χ3n) is 2.92. The molecule has 1 heterocycles. The van der Waals surface area contributed by atoms with Crippen molar-refractivity contribution in [2.75, 3.05) is 19.0 Å². The summed E-state index contributed by atoms with van der Waals surface area (Å²) in [5.74, 6) is -0.237. The van der Waals surface area contributed by atoms with Crippen LogP contribution in [0.2, 0.25) is 0 Å². The van der Waals surface area contributed by atoms with Crippen molar-refractivity contribution in [2.45, 2.75) is 23.8 Å². The molecule has 1 aliphatic heterocycles. The number of benzene rings is 1. The van der Waals surface area contributed by atoms with E-state index < -0.39 is 9.84 Å². The average molecular weight is 334 g/mol. The Hall–Kier alpha value is -0.430. The van der Waals surface area contributed by atoms with Gasteiger partial charge in [-0.1, -0.05) is 15.9 Å². The van der Waals surface area contributed by atoms with Gasteiger partial charge in [0, 0.05) is 4.47 Å². The van der Waals surface area contributed by atoms with Gasteiger partial charge in [-0.2, -0.15) is 0 Å². The summed E-state index contributed by atoms with van der Waals surface area (Å²) in [7, 11) is -3.34. The van der Waals surface area contributed by atoms with E-state index in [0.29, 0.717) is 4.90 Å². The Morgan fingerprint density at radius 1 is 1.22 bits per heavy atom. The molecule has 1 aromatic carbocycles. The van der Waals surface area contributed by atoms with E-state index in [-0.39, 0.29) is 12.0 Å². The number of halogens is 1. The number of nitrogens with one attached hydrogen (secondary N) is 1. The monoisotopic (exact) mass is 333 g/mol. The zero-order valence-electron chi connectivity index (χ0n) is 9.93. The summed E-state index contributed by atoms with van der Waals surface area (Å²) in [6.07, 6.45) is 1.79. The van der Waals surface area contributed by atoms with Crippen LogP contribution in [0.3, 0.4) is 0 Å². The zero-order chi connectivity index (χ0) is 13.0. The summed E-state index contributed by atoms with van der Waals surface area (Å²) >= 11 is 3.28. The minimum absolute atomic E-state index is 0.0523. The number of ether oxygens (including phenoxy) is 1. The highest BCUT2D eigenvalue weighted by Gasteiger charge is 2.19. The van der Waals surface area contributed by atoms with Crippen LogP contribution in [0, 0.1) is 0 Å². The maximum atomic E-state index is 12.0. The molecule has 6 heteroatoms. The molecule has 100 valence electrons. The van der Waals surface area contributed by atoms with Crippen molar-refractivity contribution in [3.63, 3.8) is 0 Å². The van der Waals surface area contributed by atoms with E-state index in [4.69, 9.17) is 4.74 Å². The predicted molar refractivity (Wildman–Crippen MR) is 73.2 cm³/mol. The van der Waals surface area contributed by atoms with Gasteiger partial charge in [0.15, 0.2) is 5.94 Å². The third kappa shape index (κ3) is 3.78. The lowest BCUT2D eigenvalue weighted by Crippen LogP contribution is -2.33. The second kappa shape index (κ2) is 6.14. The Bertz CT molecular complexity index is 481. The van der Waals surface area contributed by atoms with Crippen LogP contribution in [0.5, 0.6) is 0 Å².